The zero-order chi connectivity index (χ0) is 15.5. The highest BCUT2D eigenvalue weighted by atomic mass is 35.5. The van der Waals surface area contributed by atoms with Gasteiger partial charge < -0.3 is 5.32 Å². The lowest BCUT2D eigenvalue weighted by Crippen LogP contribution is -2.07. The lowest BCUT2D eigenvalue weighted by Gasteiger charge is -2.10. The minimum absolute atomic E-state index is 0.266. The lowest BCUT2D eigenvalue weighted by molar-refractivity contribution is -0.137. The first-order valence-corrected chi connectivity index (χ1v) is 6.59. The maximum atomic E-state index is 12.9. The van der Waals surface area contributed by atoms with Crippen LogP contribution >= 0.6 is 11.6 Å². The van der Waals surface area contributed by atoms with E-state index in [2.05, 4.69) is 5.32 Å². The quantitative estimate of drug-likeness (QED) is 0.769. The Morgan fingerprint density at radius 2 is 1.67 bits per heavy atom. The van der Waals surface area contributed by atoms with Crippen molar-refractivity contribution >= 4 is 17.3 Å². The highest BCUT2D eigenvalue weighted by molar-refractivity contribution is 6.33. The van der Waals surface area contributed by atoms with Crippen molar-refractivity contribution < 1.29 is 17.6 Å². The highest BCUT2D eigenvalue weighted by Crippen LogP contribution is 2.29. The first kappa shape index (κ1) is 15.6. The van der Waals surface area contributed by atoms with Crippen LogP contribution in [0.4, 0.5) is 23.2 Å². The van der Waals surface area contributed by atoms with Gasteiger partial charge in [0.1, 0.15) is 5.82 Å². The van der Waals surface area contributed by atoms with E-state index >= 15 is 0 Å². The molecule has 0 spiro atoms. The van der Waals surface area contributed by atoms with Gasteiger partial charge in [-0.25, -0.2) is 4.39 Å². The SMILES string of the molecule is Fc1ccc(NCCc2ccc(C(F)(F)F)cc2)c(Cl)c1. The number of hydrogen-bond acceptors (Lipinski definition) is 1. The monoisotopic (exact) mass is 317 g/mol. The zero-order valence-corrected chi connectivity index (χ0v) is 11.6. The van der Waals surface area contributed by atoms with Crippen LogP contribution in [-0.4, -0.2) is 6.54 Å². The van der Waals surface area contributed by atoms with Crippen molar-refractivity contribution in [1.82, 2.24) is 0 Å². The van der Waals surface area contributed by atoms with Crippen molar-refractivity contribution in [2.24, 2.45) is 0 Å². The Bertz CT molecular complexity index is 608. The van der Waals surface area contributed by atoms with Crippen LogP contribution in [-0.2, 0) is 12.6 Å². The van der Waals surface area contributed by atoms with E-state index in [-0.39, 0.29) is 5.02 Å². The maximum absolute atomic E-state index is 12.9. The number of halogens is 5. The van der Waals surface area contributed by atoms with Crippen molar-refractivity contribution in [2.45, 2.75) is 12.6 Å². The first-order chi connectivity index (χ1) is 9.86. The van der Waals surface area contributed by atoms with Gasteiger partial charge in [0, 0.05) is 6.54 Å². The largest absolute Gasteiger partial charge is 0.416 e. The van der Waals surface area contributed by atoms with Gasteiger partial charge in [0.2, 0.25) is 0 Å². The van der Waals surface area contributed by atoms with Gasteiger partial charge >= 0.3 is 6.18 Å². The van der Waals surface area contributed by atoms with Crippen LogP contribution in [0.25, 0.3) is 0 Å². The molecule has 0 atom stereocenters. The van der Waals surface area contributed by atoms with Crippen molar-refractivity contribution in [3.63, 3.8) is 0 Å². The summed E-state index contributed by atoms with van der Waals surface area (Å²) in [6, 6.07) is 8.99. The van der Waals surface area contributed by atoms with E-state index in [1.165, 1.54) is 30.3 Å². The van der Waals surface area contributed by atoms with Crippen LogP contribution in [0.5, 0.6) is 0 Å². The average molecular weight is 318 g/mol. The number of rotatable bonds is 4. The topological polar surface area (TPSA) is 12.0 Å². The molecule has 21 heavy (non-hydrogen) atoms. The van der Waals surface area contributed by atoms with Gasteiger partial charge in [0.05, 0.1) is 16.3 Å². The molecule has 0 aliphatic heterocycles. The molecule has 112 valence electrons. The summed E-state index contributed by atoms with van der Waals surface area (Å²) < 4.78 is 50.1. The molecule has 0 radical (unpaired) electrons. The Morgan fingerprint density at radius 3 is 2.24 bits per heavy atom. The van der Waals surface area contributed by atoms with Gasteiger partial charge in [-0.05, 0) is 42.3 Å². The molecule has 2 aromatic rings. The molecule has 1 nitrogen and oxygen atoms in total. The van der Waals surface area contributed by atoms with Crippen molar-refractivity contribution in [3.05, 3.63) is 64.4 Å². The normalized spacial score (nSPS) is 11.5. The fourth-order valence-electron chi connectivity index (χ4n) is 1.83. The highest BCUT2D eigenvalue weighted by Gasteiger charge is 2.29. The Balaban J connectivity index is 1.91. The summed E-state index contributed by atoms with van der Waals surface area (Å²) in [5.74, 6) is -0.423. The number of hydrogen-bond donors (Lipinski definition) is 1. The maximum Gasteiger partial charge on any atom is 0.416 e. The summed E-state index contributed by atoms with van der Waals surface area (Å²) in [5.41, 5.74) is 0.694. The fourth-order valence-corrected chi connectivity index (χ4v) is 2.07. The second kappa shape index (κ2) is 6.35. The molecule has 0 aromatic heterocycles. The third-order valence-electron chi connectivity index (χ3n) is 2.94. The summed E-state index contributed by atoms with van der Waals surface area (Å²) in [6.07, 6.45) is -3.79. The van der Waals surface area contributed by atoms with Gasteiger partial charge in [-0.15, -0.1) is 0 Å². The second-order valence-corrected chi connectivity index (χ2v) is 4.90. The molecule has 0 saturated carbocycles. The molecule has 1 N–H and O–H groups in total. The Labute approximate surface area is 124 Å². The minimum atomic E-state index is -4.32. The van der Waals surface area contributed by atoms with Crippen LogP contribution in [0.15, 0.2) is 42.5 Å². The van der Waals surface area contributed by atoms with Crippen LogP contribution in [0.3, 0.4) is 0 Å². The van der Waals surface area contributed by atoms with Crippen molar-refractivity contribution in [3.8, 4) is 0 Å². The smallest absolute Gasteiger partial charge is 0.384 e. The third kappa shape index (κ3) is 4.36. The molecule has 2 rings (SSSR count). The molecule has 0 amide bonds. The molecule has 0 aliphatic rings. The molecular formula is C15H12ClF4N. The summed E-state index contributed by atoms with van der Waals surface area (Å²) >= 11 is 5.85. The molecule has 0 bridgehead atoms. The van der Waals surface area contributed by atoms with Crippen molar-refractivity contribution in [2.75, 3.05) is 11.9 Å². The van der Waals surface area contributed by atoms with E-state index in [4.69, 9.17) is 11.6 Å². The van der Waals surface area contributed by atoms with Gasteiger partial charge in [0.15, 0.2) is 0 Å². The predicted molar refractivity (Wildman–Crippen MR) is 75.0 cm³/mol. The summed E-state index contributed by atoms with van der Waals surface area (Å²) in [6.45, 7) is 0.483. The molecule has 0 saturated heterocycles. The number of benzene rings is 2. The summed E-state index contributed by atoms with van der Waals surface area (Å²) in [4.78, 5) is 0. The molecule has 0 unspecified atom stereocenters. The van der Waals surface area contributed by atoms with Gasteiger partial charge in [0.25, 0.3) is 0 Å². The first-order valence-electron chi connectivity index (χ1n) is 6.21. The van der Waals surface area contributed by atoms with E-state index < -0.39 is 17.6 Å². The van der Waals surface area contributed by atoms with Crippen molar-refractivity contribution in [1.29, 1.82) is 0 Å². The minimum Gasteiger partial charge on any atom is -0.384 e. The Hall–Kier alpha value is -1.75. The van der Waals surface area contributed by atoms with Gasteiger partial charge in [-0.1, -0.05) is 23.7 Å². The van der Waals surface area contributed by atoms with E-state index in [1.54, 1.807) is 0 Å². The fraction of sp³-hybridized carbons (Fsp3) is 0.200. The molecular weight excluding hydrogens is 306 g/mol. The van der Waals surface area contributed by atoms with Crippen LogP contribution in [0, 0.1) is 5.82 Å². The summed E-state index contributed by atoms with van der Waals surface area (Å²) in [5, 5.41) is 3.28. The van der Waals surface area contributed by atoms with E-state index in [0.717, 1.165) is 17.7 Å². The zero-order valence-electron chi connectivity index (χ0n) is 10.8. The Morgan fingerprint density at radius 1 is 1.00 bits per heavy atom. The van der Waals surface area contributed by atoms with Gasteiger partial charge in [-0.3, -0.25) is 0 Å². The van der Waals surface area contributed by atoms with Crippen LogP contribution < -0.4 is 5.32 Å². The third-order valence-corrected chi connectivity index (χ3v) is 3.25. The standard InChI is InChI=1S/C15H12ClF4N/c16-13-9-12(17)5-6-14(13)21-8-7-10-1-3-11(4-2-10)15(18,19)20/h1-6,9,21H,7-8H2. The van der Waals surface area contributed by atoms with E-state index in [0.29, 0.717) is 18.7 Å². The second-order valence-electron chi connectivity index (χ2n) is 4.50. The molecule has 0 heterocycles. The molecule has 0 aliphatic carbocycles. The average Bonchev–Trinajstić information content (AvgIpc) is 2.41. The Kier molecular flexibility index (Phi) is 4.73. The van der Waals surface area contributed by atoms with E-state index in [1.807, 2.05) is 0 Å². The number of alkyl halides is 3. The van der Waals surface area contributed by atoms with E-state index in [9.17, 15) is 17.6 Å². The van der Waals surface area contributed by atoms with Crippen LogP contribution in [0.2, 0.25) is 5.02 Å². The molecule has 0 fully saturated rings. The molecule has 2 aromatic carbocycles. The summed E-state index contributed by atoms with van der Waals surface area (Å²) in [7, 11) is 0. The van der Waals surface area contributed by atoms with Gasteiger partial charge in [-0.2, -0.15) is 13.2 Å². The predicted octanol–water partition coefficient (Wildman–Crippen LogP) is 5.15. The number of nitrogens with one attached hydrogen (secondary N) is 1. The lowest BCUT2D eigenvalue weighted by atomic mass is 10.1. The van der Waals surface area contributed by atoms with Crippen LogP contribution in [0.1, 0.15) is 11.1 Å². The molecule has 6 heteroatoms. The number of anilines is 1.